The average molecular weight is 684 g/mol. The summed E-state index contributed by atoms with van der Waals surface area (Å²) in [5.74, 6) is 1.12. The molecule has 7 nitrogen and oxygen atoms in total. The third-order valence-electron chi connectivity index (χ3n) is 8.94. The van der Waals surface area contributed by atoms with Gasteiger partial charge in [0.05, 0.1) is 13.0 Å². The summed E-state index contributed by atoms with van der Waals surface area (Å²) in [6.45, 7) is 8.51. The van der Waals surface area contributed by atoms with Crippen LogP contribution in [-0.2, 0) is 19.1 Å². The van der Waals surface area contributed by atoms with Gasteiger partial charge in [-0.15, -0.1) is 0 Å². The fourth-order valence-corrected chi connectivity index (χ4v) is 6.70. The number of ether oxygens (including phenoxy) is 1. The Labute approximate surface area is 295 Å². The summed E-state index contributed by atoms with van der Waals surface area (Å²) in [4.78, 5) is 41.0. The summed E-state index contributed by atoms with van der Waals surface area (Å²) < 4.78 is 5.45. The van der Waals surface area contributed by atoms with E-state index >= 15 is 0 Å². The molecule has 0 spiro atoms. The molecule has 0 radical (unpaired) electrons. The predicted molar refractivity (Wildman–Crippen MR) is 203 cm³/mol. The van der Waals surface area contributed by atoms with Crippen LogP contribution in [0, 0.1) is 5.92 Å². The van der Waals surface area contributed by atoms with E-state index in [4.69, 9.17) is 4.74 Å². The molecule has 47 heavy (non-hydrogen) atoms. The Morgan fingerprint density at radius 3 is 1.64 bits per heavy atom. The minimum absolute atomic E-state index is 0.0309. The molecule has 0 bridgehead atoms. The molecule has 0 fully saturated rings. The van der Waals surface area contributed by atoms with Crippen molar-refractivity contribution in [3.8, 4) is 0 Å². The number of likely N-dealkylation sites (N-methyl/N-ethyl adjacent to an activating group) is 1. The number of unbranched alkanes of at least 4 members (excludes halogenated alkanes) is 17. The van der Waals surface area contributed by atoms with Crippen LogP contribution in [0.1, 0.15) is 175 Å². The fourth-order valence-electron chi connectivity index (χ4n) is 5.79. The smallest absolute Gasteiger partial charge is 0.306 e. The molecule has 0 aromatic carbocycles. The molecule has 0 aliphatic carbocycles. The summed E-state index contributed by atoms with van der Waals surface area (Å²) in [7, 11) is 3.96. The van der Waals surface area contributed by atoms with Crippen LogP contribution in [0.2, 0.25) is 0 Å². The van der Waals surface area contributed by atoms with Gasteiger partial charge in [0, 0.05) is 24.8 Å². The van der Waals surface area contributed by atoms with E-state index in [1.165, 1.54) is 96.3 Å². The zero-order valence-electron chi connectivity index (χ0n) is 31.6. The highest BCUT2D eigenvalue weighted by atomic mass is 32.2. The van der Waals surface area contributed by atoms with Gasteiger partial charge in [0.1, 0.15) is 6.04 Å². The van der Waals surface area contributed by atoms with Gasteiger partial charge < -0.3 is 20.3 Å². The molecule has 2 atom stereocenters. The van der Waals surface area contributed by atoms with Crippen molar-refractivity contribution in [2.24, 2.45) is 5.92 Å². The van der Waals surface area contributed by atoms with Gasteiger partial charge in [-0.1, -0.05) is 143 Å². The molecular formula is C39H77N3O4S. The minimum atomic E-state index is -0.553. The number of nitrogens with one attached hydrogen (secondary N) is 2. The maximum atomic E-state index is 13.5. The number of carbonyl (C=O) groups excluding carboxylic acids is 3. The average Bonchev–Trinajstić information content (AvgIpc) is 3.05. The molecule has 2 unspecified atom stereocenters. The first-order chi connectivity index (χ1) is 22.8. The predicted octanol–water partition coefficient (Wildman–Crippen LogP) is 9.46. The molecule has 0 aromatic rings. The number of amides is 2. The Kier molecular flexibility index (Phi) is 33.6. The Balaban J connectivity index is 4.62. The van der Waals surface area contributed by atoms with E-state index in [-0.39, 0.29) is 23.7 Å². The lowest BCUT2D eigenvalue weighted by atomic mass is 9.93. The van der Waals surface area contributed by atoms with Crippen LogP contribution >= 0.6 is 11.8 Å². The van der Waals surface area contributed by atoms with Crippen molar-refractivity contribution < 1.29 is 19.1 Å². The van der Waals surface area contributed by atoms with E-state index in [0.29, 0.717) is 37.5 Å². The number of esters is 1. The molecular weight excluding hydrogens is 607 g/mol. The molecule has 2 N–H and O–H groups in total. The topological polar surface area (TPSA) is 87.7 Å². The number of hydrogen-bond donors (Lipinski definition) is 2. The van der Waals surface area contributed by atoms with Gasteiger partial charge >= 0.3 is 5.97 Å². The lowest BCUT2D eigenvalue weighted by Gasteiger charge is -2.23. The van der Waals surface area contributed by atoms with Crippen molar-refractivity contribution in [3.63, 3.8) is 0 Å². The zero-order chi connectivity index (χ0) is 34.8. The first-order valence-electron chi connectivity index (χ1n) is 19.8. The first kappa shape index (κ1) is 45.7. The van der Waals surface area contributed by atoms with Crippen LogP contribution < -0.4 is 10.6 Å². The van der Waals surface area contributed by atoms with Crippen LogP contribution in [0.15, 0.2) is 0 Å². The van der Waals surface area contributed by atoms with Gasteiger partial charge in [-0.2, -0.15) is 11.8 Å². The van der Waals surface area contributed by atoms with Gasteiger partial charge in [-0.05, 0) is 45.5 Å². The van der Waals surface area contributed by atoms with Crippen LogP contribution in [0.3, 0.4) is 0 Å². The Hall–Kier alpha value is -1.28. The molecule has 0 aliphatic rings. The summed E-state index contributed by atoms with van der Waals surface area (Å²) in [6, 6.07) is -0.553. The van der Waals surface area contributed by atoms with Gasteiger partial charge in [-0.3, -0.25) is 14.4 Å². The standard InChI is InChI=1S/C39H77N3O4S/c1-6-9-12-15-17-18-19-20-22-25-32-46-37(43)29-34-47-33-28-36(39(45)40-30-31-42(4)5)41-38(44)35(26-23-14-11-8-3)27-24-21-16-13-10-7-2/h35-36H,6-34H2,1-5H3,(H,40,45)(H,41,44). The molecule has 278 valence electrons. The van der Waals surface area contributed by atoms with Gasteiger partial charge in [0.2, 0.25) is 11.8 Å². The Morgan fingerprint density at radius 2 is 1.11 bits per heavy atom. The zero-order valence-corrected chi connectivity index (χ0v) is 32.5. The normalized spacial score (nSPS) is 12.6. The Morgan fingerprint density at radius 1 is 0.617 bits per heavy atom. The molecule has 8 heteroatoms. The molecule has 0 saturated carbocycles. The second-order valence-electron chi connectivity index (χ2n) is 13.8. The molecule has 2 amide bonds. The van der Waals surface area contributed by atoms with Crippen molar-refractivity contribution in [2.45, 2.75) is 181 Å². The lowest BCUT2D eigenvalue weighted by molar-refractivity contribution is -0.143. The third-order valence-corrected chi connectivity index (χ3v) is 9.95. The summed E-state index contributed by atoms with van der Waals surface area (Å²) in [6.07, 6.45) is 27.2. The summed E-state index contributed by atoms with van der Waals surface area (Å²) >= 11 is 1.65. The van der Waals surface area contributed by atoms with E-state index in [9.17, 15) is 14.4 Å². The quantitative estimate of drug-likeness (QED) is 0.0511. The van der Waals surface area contributed by atoms with E-state index in [0.717, 1.165) is 51.5 Å². The highest BCUT2D eigenvalue weighted by Gasteiger charge is 2.25. The third kappa shape index (κ3) is 30.5. The van der Waals surface area contributed by atoms with Gasteiger partial charge in [0.15, 0.2) is 0 Å². The fraction of sp³-hybridized carbons (Fsp3) is 0.923. The van der Waals surface area contributed by atoms with Crippen LogP contribution in [0.25, 0.3) is 0 Å². The van der Waals surface area contributed by atoms with E-state index in [2.05, 4.69) is 31.4 Å². The van der Waals surface area contributed by atoms with E-state index in [1.54, 1.807) is 11.8 Å². The number of carbonyl (C=O) groups is 3. The molecule has 0 heterocycles. The van der Waals surface area contributed by atoms with Crippen molar-refractivity contribution in [1.82, 2.24) is 15.5 Å². The monoisotopic (exact) mass is 684 g/mol. The second kappa shape index (κ2) is 34.6. The summed E-state index contributed by atoms with van der Waals surface area (Å²) in [5.41, 5.74) is 0. The van der Waals surface area contributed by atoms with Crippen molar-refractivity contribution >= 4 is 29.5 Å². The molecule has 0 saturated heterocycles. The van der Waals surface area contributed by atoms with Crippen LogP contribution in [0.4, 0.5) is 0 Å². The molecule has 0 aromatic heterocycles. The van der Waals surface area contributed by atoms with E-state index in [1.807, 2.05) is 19.0 Å². The second-order valence-corrected chi connectivity index (χ2v) is 15.0. The number of nitrogens with zero attached hydrogens (tertiary/aromatic N) is 1. The first-order valence-corrected chi connectivity index (χ1v) is 21.0. The summed E-state index contributed by atoms with van der Waals surface area (Å²) in [5, 5.41) is 6.18. The lowest BCUT2D eigenvalue weighted by Crippen LogP contribution is -2.49. The van der Waals surface area contributed by atoms with Crippen molar-refractivity contribution in [2.75, 3.05) is 45.3 Å². The number of thioether (sulfide) groups is 1. The number of rotatable bonds is 35. The molecule has 0 aliphatic heterocycles. The minimum Gasteiger partial charge on any atom is -0.466 e. The van der Waals surface area contributed by atoms with Crippen molar-refractivity contribution in [1.29, 1.82) is 0 Å². The van der Waals surface area contributed by atoms with Crippen LogP contribution in [-0.4, -0.2) is 74.0 Å². The number of hydrogen-bond acceptors (Lipinski definition) is 6. The molecule has 0 rings (SSSR count). The highest BCUT2D eigenvalue weighted by molar-refractivity contribution is 7.99. The van der Waals surface area contributed by atoms with E-state index < -0.39 is 6.04 Å². The van der Waals surface area contributed by atoms with Crippen LogP contribution in [0.5, 0.6) is 0 Å². The largest absolute Gasteiger partial charge is 0.466 e. The van der Waals surface area contributed by atoms with Gasteiger partial charge in [0.25, 0.3) is 0 Å². The highest BCUT2D eigenvalue weighted by Crippen LogP contribution is 2.20. The maximum absolute atomic E-state index is 13.5. The Bertz CT molecular complexity index is 737. The maximum Gasteiger partial charge on any atom is 0.306 e. The SMILES string of the molecule is CCCCCCCCCCCCOC(=O)CCSCCC(NC(=O)C(CCCCCC)CCCCCCCC)C(=O)NCCN(C)C. The van der Waals surface area contributed by atoms with Gasteiger partial charge in [-0.25, -0.2) is 0 Å². The van der Waals surface area contributed by atoms with Crippen molar-refractivity contribution in [3.05, 3.63) is 0 Å².